The number of rotatable bonds is 9. The van der Waals surface area contributed by atoms with Gasteiger partial charge in [0.15, 0.2) is 11.6 Å². The molecule has 2 N–H and O–H groups in total. The summed E-state index contributed by atoms with van der Waals surface area (Å²) in [7, 11) is -3.84. The molecular formula is C25H21Cl2N3O4S. The monoisotopic (exact) mass is 529 g/mol. The van der Waals surface area contributed by atoms with Crippen LogP contribution >= 0.6 is 23.2 Å². The maximum Gasteiger partial charge on any atom is 0.263 e. The number of aromatic nitrogens is 1. The van der Waals surface area contributed by atoms with Gasteiger partial charge in [0, 0.05) is 33.8 Å². The Kier molecular flexibility index (Phi) is 7.45. The van der Waals surface area contributed by atoms with Crippen LogP contribution in [0.15, 0.2) is 88.3 Å². The SMILES string of the molecule is Cc1cc(NS(=O)(=O)c2ccc(NC(CC(=O)c3ccc(Cl)cc3)c3cccc(Cl)c3)cc2)no1. The van der Waals surface area contributed by atoms with Crippen molar-refractivity contribution in [1.29, 1.82) is 0 Å². The summed E-state index contributed by atoms with van der Waals surface area (Å²) in [6, 6.07) is 21.2. The Labute approximate surface area is 213 Å². The lowest BCUT2D eigenvalue weighted by Crippen LogP contribution is -2.16. The maximum absolute atomic E-state index is 13.0. The summed E-state index contributed by atoms with van der Waals surface area (Å²) in [6.07, 6.45) is 0.148. The van der Waals surface area contributed by atoms with Crippen LogP contribution in [0.2, 0.25) is 10.0 Å². The molecule has 0 aliphatic heterocycles. The molecule has 0 radical (unpaired) electrons. The Bertz CT molecular complexity index is 1440. The number of aryl methyl sites for hydroxylation is 1. The first-order valence-corrected chi connectivity index (χ1v) is 12.8. The molecule has 1 unspecified atom stereocenters. The zero-order valence-corrected chi connectivity index (χ0v) is 20.9. The van der Waals surface area contributed by atoms with Crippen molar-refractivity contribution < 1.29 is 17.7 Å². The van der Waals surface area contributed by atoms with E-state index in [1.165, 1.54) is 18.2 Å². The topological polar surface area (TPSA) is 101 Å². The number of nitrogens with zero attached hydrogens (tertiary/aromatic N) is 1. The average Bonchev–Trinajstić information content (AvgIpc) is 3.23. The van der Waals surface area contributed by atoms with E-state index in [-0.39, 0.29) is 22.9 Å². The smallest absolute Gasteiger partial charge is 0.263 e. The van der Waals surface area contributed by atoms with E-state index in [4.69, 9.17) is 27.7 Å². The van der Waals surface area contributed by atoms with Gasteiger partial charge in [0.05, 0.1) is 10.9 Å². The number of anilines is 2. The van der Waals surface area contributed by atoms with Crippen LogP contribution in [0.5, 0.6) is 0 Å². The molecule has 3 aromatic carbocycles. The van der Waals surface area contributed by atoms with Crippen molar-refractivity contribution in [3.8, 4) is 0 Å². The molecule has 10 heteroatoms. The molecule has 0 aliphatic rings. The molecule has 0 saturated carbocycles. The number of Topliss-reactive ketones (excluding diaryl/α,β-unsaturated/α-hetero) is 1. The van der Waals surface area contributed by atoms with Gasteiger partial charge in [0.25, 0.3) is 10.0 Å². The molecular weight excluding hydrogens is 509 g/mol. The van der Waals surface area contributed by atoms with Gasteiger partial charge in [0.2, 0.25) is 0 Å². The Balaban J connectivity index is 1.54. The van der Waals surface area contributed by atoms with Gasteiger partial charge in [-0.05, 0) is 73.2 Å². The number of carbonyl (C=O) groups excluding carboxylic acids is 1. The molecule has 0 saturated heterocycles. The summed E-state index contributed by atoms with van der Waals surface area (Å²) >= 11 is 12.1. The molecule has 0 amide bonds. The van der Waals surface area contributed by atoms with Crippen molar-refractivity contribution in [2.75, 3.05) is 10.0 Å². The minimum Gasteiger partial charge on any atom is -0.378 e. The van der Waals surface area contributed by atoms with Gasteiger partial charge in [-0.2, -0.15) is 0 Å². The first-order chi connectivity index (χ1) is 16.7. The van der Waals surface area contributed by atoms with Crippen LogP contribution in [0.25, 0.3) is 0 Å². The Morgan fingerprint density at radius 3 is 2.31 bits per heavy atom. The van der Waals surface area contributed by atoms with Crippen molar-refractivity contribution in [2.45, 2.75) is 24.3 Å². The summed E-state index contributed by atoms with van der Waals surface area (Å²) < 4.78 is 32.6. The highest BCUT2D eigenvalue weighted by Gasteiger charge is 2.20. The molecule has 7 nitrogen and oxygen atoms in total. The highest BCUT2D eigenvalue weighted by Crippen LogP contribution is 2.28. The summed E-state index contributed by atoms with van der Waals surface area (Å²) in [6.45, 7) is 1.67. The number of benzene rings is 3. The zero-order valence-electron chi connectivity index (χ0n) is 18.5. The van der Waals surface area contributed by atoms with Crippen molar-refractivity contribution in [2.24, 2.45) is 0 Å². The lowest BCUT2D eigenvalue weighted by Gasteiger charge is -2.20. The third-order valence-corrected chi connectivity index (χ3v) is 7.04. The molecule has 180 valence electrons. The number of hydrogen-bond donors (Lipinski definition) is 2. The van der Waals surface area contributed by atoms with Crippen molar-refractivity contribution in [3.63, 3.8) is 0 Å². The first-order valence-electron chi connectivity index (χ1n) is 10.6. The number of sulfonamides is 1. The van der Waals surface area contributed by atoms with Crippen LogP contribution in [-0.4, -0.2) is 19.4 Å². The molecule has 35 heavy (non-hydrogen) atoms. The molecule has 1 heterocycles. The fraction of sp³-hybridized carbons (Fsp3) is 0.120. The van der Waals surface area contributed by atoms with Crippen LogP contribution in [0.1, 0.15) is 34.1 Å². The van der Waals surface area contributed by atoms with Crippen molar-refractivity contribution in [1.82, 2.24) is 5.16 Å². The van der Waals surface area contributed by atoms with E-state index >= 15 is 0 Å². The van der Waals surface area contributed by atoms with Crippen LogP contribution in [0.4, 0.5) is 11.5 Å². The van der Waals surface area contributed by atoms with Crippen LogP contribution in [0, 0.1) is 6.92 Å². The molecule has 0 spiro atoms. The van der Waals surface area contributed by atoms with E-state index in [9.17, 15) is 13.2 Å². The predicted molar refractivity (Wildman–Crippen MR) is 137 cm³/mol. The standard InChI is InChI=1S/C25H21Cl2N3O4S/c1-16-13-25(29-34-16)30-35(32,33)22-11-9-21(10-12-22)28-23(18-3-2-4-20(27)14-18)15-24(31)17-5-7-19(26)8-6-17/h2-14,23,28H,15H2,1H3,(H,29,30). The average molecular weight is 530 g/mol. The van der Waals surface area contributed by atoms with Gasteiger partial charge in [-0.1, -0.05) is 40.5 Å². The fourth-order valence-corrected chi connectivity index (χ4v) is 4.77. The van der Waals surface area contributed by atoms with E-state index in [0.717, 1.165) is 5.56 Å². The van der Waals surface area contributed by atoms with Gasteiger partial charge >= 0.3 is 0 Å². The van der Waals surface area contributed by atoms with Gasteiger partial charge in [-0.3, -0.25) is 9.52 Å². The third kappa shape index (κ3) is 6.42. The van der Waals surface area contributed by atoms with Crippen LogP contribution in [-0.2, 0) is 10.0 Å². The molecule has 0 bridgehead atoms. The number of halogens is 2. The second kappa shape index (κ2) is 10.5. The molecule has 1 aromatic heterocycles. The summed E-state index contributed by atoms with van der Waals surface area (Å²) in [4.78, 5) is 13.0. The number of hydrogen-bond acceptors (Lipinski definition) is 6. The largest absolute Gasteiger partial charge is 0.378 e. The second-order valence-electron chi connectivity index (χ2n) is 7.84. The lowest BCUT2D eigenvalue weighted by atomic mass is 9.97. The number of ketones is 1. The summed E-state index contributed by atoms with van der Waals surface area (Å²) in [5.41, 5.74) is 1.99. The fourth-order valence-electron chi connectivity index (χ4n) is 3.46. The minimum absolute atomic E-state index is 0.0558. The maximum atomic E-state index is 13.0. The van der Waals surface area contributed by atoms with Gasteiger partial charge in [0.1, 0.15) is 5.76 Å². The van der Waals surface area contributed by atoms with E-state index < -0.39 is 16.1 Å². The minimum atomic E-state index is -3.84. The quantitative estimate of drug-likeness (QED) is 0.239. The van der Waals surface area contributed by atoms with Crippen LogP contribution < -0.4 is 10.0 Å². The number of carbonyl (C=O) groups is 1. The molecule has 4 aromatic rings. The Morgan fingerprint density at radius 2 is 1.69 bits per heavy atom. The van der Waals surface area contributed by atoms with Gasteiger partial charge in [-0.25, -0.2) is 8.42 Å². The third-order valence-electron chi connectivity index (χ3n) is 5.18. The van der Waals surface area contributed by atoms with Gasteiger partial charge < -0.3 is 9.84 Å². The Morgan fingerprint density at radius 1 is 0.971 bits per heavy atom. The predicted octanol–water partition coefficient (Wildman–Crippen LogP) is 6.52. The van der Waals surface area contributed by atoms with E-state index in [2.05, 4.69) is 15.2 Å². The zero-order chi connectivity index (χ0) is 25.0. The summed E-state index contributed by atoms with van der Waals surface area (Å²) in [5.74, 6) is 0.513. The molecule has 0 aliphatic carbocycles. The first kappa shape index (κ1) is 24.8. The second-order valence-corrected chi connectivity index (χ2v) is 10.4. The van der Waals surface area contributed by atoms with E-state index in [1.807, 2.05) is 12.1 Å². The normalized spacial score (nSPS) is 12.2. The molecule has 0 fully saturated rings. The lowest BCUT2D eigenvalue weighted by molar-refractivity contribution is 0.0976. The highest BCUT2D eigenvalue weighted by molar-refractivity contribution is 7.92. The van der Waals surface area contributed by atoms with Gasteiger partial charge in [-0.15, -0.1) is 0 Å². The molecule has 1 atom stereocenters. The Hall–Kier alpha value is -3.33. The summed E-state index contributed by atoms with van der Waals surface area (Å²) in [5, 5.41) is 8.07. The number of nitrogens with one attached hydrogen (secondary N) is 2. The van der Waals surface area contributed by atoms with E-state index in [0.29, 0.717) is 27.1 Å². The van der Waals surface area contributed by atoms with Crippen LogP contribution in [0.3, 0.4) is 0 Å². The van der Waals surface area contributed by atoms with E-state index in [1.54, 1.807) is 55.5 Å². The highest BCUT2D eigenvalue weighted by atomic mass is 35.5. The molecule has 4 rings (SSSR count). The van der Waals surface area contributed by atoms with Crippen molar-refractivity contribution >= 4 is 50.5 Å². The van der Waals surface area contributed by atoms with Crippen molar-refractivity contribution in [3.05, 3.63) is 106 Å².